The van der Waals surface area contributed by atoms with E-state index >= 15 is 0 Å². The molecule has 0 unspecified atom stereocenters. The van der Waals surface area contributed by atoms with E-state index < -0.39 is 0 Å². The molecule has 109 valence electrons. The van der Waals surface area contributed by atoms with Crippen LogP contribution in [0.5, 0.6) is 0 Å². The second-order valence-electron chi connectivity index (χ2n) is 6.27. The van der Waals surface area contributed by atoms with E-state index in [0.29, 0.717) is 0 Å². The highest BCUT2D eigenvalue weighted by Gasteiger charge is 2.17. The van der Waals surface area contributed by atoms with Crippen molar-refractivity contribution in [3.05, 3.63) is 93.5 Å². The maximum absolute atomic E-state index is 3.82. The molecule has 1 heteroatoms. The van der Waals surface area contributed by atoms with Gasteiger partial charge < -0.3 is 0 Å². The van der Waals surface area contributed by atoms with Crippen molar-refractivity contribution in [1.82, 2.24) is 0 Å². The molecule has 0 nitrogen and oxygen atoms in total. The minimum Gasteiger partial charge on any atom is -0.0620 e. The predicted molar refractivity (Wildman–Crippen MR) is 100 cm³/mol. The standard InChI is InChI=1S/C22H14Br/c23-22-20-8-4-3-7-16(20)11-19-12-17-9-14-5-1-2-6-15(14)10-18(17)13-21(19)22/h1-8,12-13H,9-10H2. The number of hydrogen-bond donors (Lipinski definition) is 0. The van der Waals surface area contributed by atoms with E-state index in [1.807, 2.05) is 0 Å². The molecular formula is C22H14Br. The summed E-state index contributed by atoms with van der Waals surface area (Å²) in [6.45, 7) is 0. The van der Waals surface area contributed by atoms with Gasteiger partial charge in [0, 0.05) is 4.47 Å². The van der Waals surface area contributed by atoms with Crippen LogP contribution in [0.2, 0.25) is 0 Å². The molecule has 0 saturated carbocycles. The lowest BCUT2D eigenvalue weighted by atomic mass is 9.84. The molecule has 1 aliphatic carbocycles. The third kappa shape index (κ3) is 2.04. The normalized spacial score (nSPS) is 13.1. The van der Waals surface area contributed by atoms with Gasteiger partial charge in [0.25, 0.3) is 0 Å². The van der Waals surface area contributed by atoms with Crippen LogP contribution >= 0.6 is 15.9 Å². The average molecular weight is 358 g/mol. The molecule has 0 N–H and O–H groups in total. The van der Waals surface area contributed by atoms with Gasteiger partial charge >= 0.3 is 0 Å². The Balaban J connectivity index is 1.79. The molecule has 0 heterocycles. The van der Waals surface area contributed by atoms with E-state index in [1.54, 1.807) is 0 Å². The Labute approximate surface area is 143 Å². The first kappa shape index (κ1) is 13.3. The van der Waals surface area contributed by atoms with Crippen LogP contribution < -0.4 is 0 Å². The summed E-state index contributed by atoms with van der Waals surface area (Å²) in [7, 11) is 0. The second-order valence-corrected chi connectivity index (χ2v) is 7.07. The molecule has 4 aromatic rings. The Bertz CT molecular complexity index is 1080. The van der Waals surface area contributed by atoms with Crippen molar-refractivity contribution in [3.8, 4) is 0 Å². The van der Waals surface area contributed by atoms with Crippen molar-refractivity contribution in [2.75, 3.05) is 0 Å². The maximum Gasteiger partial charge on any atom is 0.0332 e. The van der Waals surface area contributed by atoms with Gasteiger partial charge in [0.1, 0.15) is 0 Å². The molecule has 0 spiro atoms. The fourth-order valence-corrected chi connectivity index (χ4v) is 4.36. The molecule has 0 bridgehead atoms. The summed E-state index contributed by atoms with van der Waals surface area (Å²) in [5, 5.41) is 4.87. The summed E-state index contributed by atoms with van der Waals surface area (Å²) in [5.41, 5.74) is 5.80. The Kier molecular flexibility index (Phi) is 2.86. The summed E-state index contributed by atoms with van der Waals surface area (Å²) in [5.74, 6) is 0. The van der Waals surface area contributed by atoms with Gasteiger partial charge in [0.05, 0.1) is 0 Å². The van der Waals surface area contributed by atoms with Crippen molar-refractivity contribution in [2.45, 2.75) is 12.8 Å². The molecular weight excluding hydrogens is 344 g/mol. The van der Waals surface area contributed by atoms with E-state index in [4.69, 9.17) is 0 Å². The van der Waals surface area contributed by atoms with Crippen molar-refractivity contribution < 1.29 is 0 Å². The van der Waals surface area contributed by atoms with Gasteiger partial charge in [0.2, 0.25) is 0 Å². The van der Waals surface area contributed by atoms with Crippen LogP contribution in [-0.2, 0) is 12.8 Å². The molecule has 0 atom stereocenters. The monoisotopic (exact) mass is 357 g/mol. The number of benzene rings is 4. The number of halogens is 1. The quantitative estimate of drug-likeness (QED) is 0.296. The van der Waals surface area contributed by atoms with Crippen LogP contribution in [-0.4, -0.2) is 0 Å². The zero-order valence-corrected chi connectivity index (χ0v) is 14.2. The summed E-state index contributed by atoms with van der Waals surface area (Å²) >= 11 is 3.82. The summed E-state index contributed by atoms with van der Waals surface area (Å²) in [6.07, 6.45) is 2.06. The van der Waals surface area contributed by atoms with E-state index in [2.05, 4.69) is 82.7 Å². The van der Waals surface area contributed by atoms with Crippen LogP contribution in [0.3, 0.4) is 0 Å². The molecule has 0 aromatic heterocycles. The summed E-state index contributed by atoms with van der Waals surface area (Å²) in [4.78, 5) is 0. The lowest BCUT2D eigenvalue weighted by Gasteiger charge is -2.21. The van der Waals surface area contributed by atoms with Crippen LogP contribution in [0.1, 0.15) is 22.3 Å². The van der Waals surface area contributed by atoms with Crippen LogP contribution in [0.25, 0.3) is 21.5 Å². The van der Waals surface area contributed by atoms with Crippen LogP contribution in [0.4, 0.5) is 0 Å². The molecule has 0 fully saturated rings. The third-order valence-electron chi connectivity index (χ3n) is 4.89. The van der Waals surface area contributed by atoms with Gasteiger partial charge in [-0.2, -0.15) is 0 Å². The van der Waals surface area contributed by atoms with Gasteiger partial charge in [0.15, 0.2) is 0 Å². The average Bonchev–Trinajstić information content (AvgIpc) is 2.59. The highest BCUT2D eigenvalue weighted by atomic mass is 79.9. The highest BCUT2D eigenvalue weighted by molar-refractivity contribution is 9.10. The fourth-order valence-electron chi connectivity index (χ4n) is 3.69. The van der Waals surface area contributed by atoms with E-state index in [-0.39, 0.29) is 0 Å². The first-order chi connectivity index (χ1) is 11.3. The van der Waals surface area contributed by atoms with Gasteiger partial charge in [-0.1, -0.05) is 48.5 Å². The van der Waals surface area contributed by atoms with Crippen molar-refractivity contribution in [3.63, 3.8) is 0 Å². The third-order valence-corrected chi connectivity index (χ3v) is 5.74. The molecule has 1 radical (unpaired) electrons. The minimum absolute atomic E-state index is 1.03. The largest absolute Gasteiger partial charge is 0.0620 e. The molecule has 0 saturated heterocycles. The first-order valence-electron chi connectivity index (χ1n) is 7.91. The SMILES string of the molecule is Brc1c2ccccc2[c]c2cc3c(cc12)Cc1ccccc1C3. The van der Waals surface area contributed by atoms with Crippen LogP contribution in [0, 0.1) is 6.07 Å². The zero-order valence-electron chi connectivity index (χ0n) is 12.6. The summed E-state index contributed by atoms with van der Waals surface area (Å²) in [6, 6.07) is 25.5. The number of fused-ring (bicyclic) bond motifs is 4. The van der Waals surface area contributed by atoms with Gasteiger partial charge in [-0.15, -0.1) is 0 Å². The topological polar surface area (TPSA) is 0 Å². The number of rotatable bonds is 0. The highest BCUT2D eigenvalue weighted by Crippen LogP contribution is 2.36. The Hall–Kier alpha value is -2.12. The van der Waals surface area contributed by atoms with Gasteiger partial charge in [-0.05, 0) is 90.8 Å². The molecule has 0 amide bonds. The number of hydrogen-bond acceptors (Lipinski definition) is 0. The van der Waals surface area contributed by atoms with Crippen LogP contribution in [0.15, 0.2) is 65.1 Å². The molecule has 1 aliphatic rings. The molecule has 0 aliphatic heterocycles. The molecule has 5 rings (SSSR count). The zero-order chi connectivity index (χ0) is 15.4. The molecule has 4 aromatic carbocycles. The Morgan fingerprint density at radius 3 is 2.09 bits per heavy atom. The van der Waals surface area contributed by atoms with E-state index in [9.17, 15) is 0 Å². The molecule has 23 heavy (non-hydrogen) atoms. The van der Waals surface area contributed by atoms with E-state index in [1.165, 1.54) is 48.3 Å². The fraction of sp³-hybridized carbons (Fsp3) is 0.0909. The van der Waals surface area contributed by atoms with Crippen molar-refractivity contribution in [1.29, 1.82) is 0 Å². The first-order valence-corrected chi connectivity index (χ1v) is 8.71. The maximum atomic E-state index is 3.82. The van der Waals surface area contributed by atoms with Crippen molar-refractivity contribution in [2.24, 2.45) is 0 Å². The summed E-state index contributed by atoms with van der Waals surface area (Å²) < 4.78 is 1.18. The van der Waals surface area contributed by atoms with Gasteiger partial charge in [-0.3, -0.25) is 0 Å². The second kappa shape index (κ2) is 4.94. The van der Waals surface area contributed by atoms with Gasteiger partial charge in [-0.25, -0.2) is 0 Å². The Morgan fingerprint density at radius 2 is 1.30 bits per heavy atom. The van der Waals surface area contributed by atoms with E-state index in [0.717, 1.165) is 12.8 Å². The van der Waals surface area contributed by atoms with Crippen molar-refractivity contribution >= 4 is 37.5 Å². The minimum atomic E-state index is 1.03. The predicted octanol–water partition coefficient (Wildman–Crippen LogP) is 6.05. The smallest absolute Gasteiger partial charge is 0.0332 e. The Morgan fingerprint density at radius 1 is 0.652 bits per heavy atom. The lowest BCUT2D eigenvalue weighted by Crippen LogP contribution is -2.07. The lowest BCUT2D eigenvalue weighted by molar-refractivity contribution is 1.01.